The van der Waals surface area contributed by atoms with Crippen LogP contribution in [0.15, 0.2) is 24.4 Å². The molecule has 4 fully saturated rings. The molecule has 2 saturated heterocycles. The van der Waals surface area contributed by atoms with Gasteiger partial charge in [-0.2, -0.15) is 0 Å². The monoisotopic (exact) mass is 328 g/mol. The number of halogens is 1. The molecular formula is C19H21FN2O2. The first-order chi connectivity index (χ1) is 11.5. The number of hydrogen-bond acceptors (Lipinski definition) is 2. The molecule has 0 radical (unpaired) electrons. The van der Waals surface area contributed by atoms with E-state index in [1.807, 2.05) is 17.2 Å². The van der Waals surface area contributed by atoms with E-state index in [1.54, 1.807) is 6.07 Å². The van der Waals surface area contributed by atoms with Crippen molar-refractivity contribution < 1.29 is 14.3 Å². The third-order valence-electron chi connectivity index (χ3n) is 6.35. The topological polar surface area (TPSA) is 56.3 Å². The second-order valence-electron chi connectivity index (χ2n) is 7.83. The predicted molar refractivity (Wildman–Crippen MR) is 87.9 cm³/mol. The van der Waals surface area contributed by atoms with Gasteiger partial charge in [0.2, 0.25) is 5.91 Å². The summed E-state index contributed by atoms with van der Waals surface area (Å²) < 4.78 is 14.0. The van der Waals surface area contributed by atoms with Crippen molar-refractivity contribution in [2.75, 3.05) is 0 Å². The Morgan fingerprint density at radius 3 is 3.08 bits per heavy atom. The highest BCUT2D eigenvalue weighted by Crippen LogP contribution is 2.55. The summed E-state index contributed by atoms with van der Waals surface area (Å²) in [6, 6.07) is 5.43. The smallest absolute Gasteiger partial charge is 0.223 e. The Bertz CT molecular complexity index is 828. The fourth-order valence-electron chi connectivity index (χ4n) is 5.51. The zero-order chi connectivity index (χ0) is 16.5. The van der Waals surface area contributed by atoms with Gasteiger partial charge in [0.1, 0.15) is 5.82 Å². The van der Waals surface area contributed by atoms with Gasteiger partial charge in [-0.05, 0) is 55.7 Å². The minimum atomic E-state index is -0.519. The Morgan fingerprint density at radius 2 is 2.25 bits per heavy atom. The van der Waals surface area contributed by atoms with Crippen molar-refractivity contribution >= 4 is 16.8 Å². The zero-order valence-electron chi connectivity index (χ0n) is 13.5. The Hall–Kier alpha value is -1.88. The fraction of sp³-hybridized carbons (Fsp3) is 0.526. The van der Waals surface area contributed by atoms with Crippen molar-refractivity contribution in [3.8, 4) is 0 Å². The molecule has 2 saturated carbocycles. The molecule has 126 valence electrons. The average molecular weight is 328 g/mol. The number of rotatable bonds is 3. The van der Waals surface area contributed by atoms with Crippen molar-refractivity contribution in [3.05, 3.63) is 35.8 Å². The van der Waals surface area contributed by atoms with E-state index in [9.17, 15) is 14.3 Å². The molecule has 4 unspecified atom stereocenters. The van der Waals surface area contributed by atoms with Gasteiger partial charge in [-0.3, -0.25) is 4.79 Å². The standard InChI is InChI=1S/C19H21FN2O2/c20-14-2-1-3-15-18(14)11(10-21-15)4-5-17(23)22-13-6-12-7-19(24,8-13)9-16(12)22/h1-3,10,12-13,16,21,24H,4-9H2. The van der Waals surface area contributed by atoms with Crippen molar-refractivity contribution in [1.82, 2.24) is 9.88 Å². The van der Waals surface area contributed by atoms with Gasteiger partial charge in [-0.25, -0.2) is 4.39 Å². The van der Waals surface area contributed by atoms with Crippen LogP contribution in [0.4, 0.5) is 4.39 Å². The highest BCUT2D eigenvalue weighted by atomic mass is 19.1. The molecule has 1 aromatic heterocycles. The third kappa shape index (κ3) is 1.97. The van der Waals surface area contributed by atoms with E-state index in [2.05, 4.69) is 4.98 Å². The molecule has 2 N–H and O–H groups in total. The van der Waals surface area contributed by atoms with E-state index < -0.39 is 5.60 Å². The normalized spacial score (nSPS) is 33.8. The lowest BCUT2D eigenvalue weighted by molar-refractivity contribution is -0.138. The van der Waals surface area contributed by atoms with E-state index in [-0.39, 0.29) is 23.8 Å². The van der Waals surface area contributed by atoms with E-state index in [0.717, 1.165) is 36.8 Å². The Balaban J connectivity index is 1.33. The minimum Gasteiger partial charge on any atom is -0.390 e. The van der Waals surface area contributed by atoms with Gasteiger partial charge in [0.25, 0.3) is 0 Å². The van der Waals surface area contributed by atoms with Gasteiger partial charge in [-0.15, -0.1) is 0 Å². The summed E-state index contributed by atoms with van der Waals surface area (Å²) in [5.41, 5.74) is 1.12. The average Bonchev–Trinajstić information content (AvgIpc) is 3.12. The molecule has 2 aliphatic carbocycles. The molecule has 6 rings (SSSR count). The van der Waals surface area contributed by atoms with Gasteiger partial charge in [0.05, 0.1) is 5.60 Å². The first-order valence-electron chi connectivity index (χ1n) is 8.82. The number of aromatic nitrogens is 1. The molecule has 0 spiro atoms. The maximum atomic E-state index is 14.0. The number of piperidine rings is 1. The summed E-state index contributed by atoms with van der Waals surface area (Å²) >= 11 is 0. The second kappa shape index (κ2) is 4.82. The van der Waals surface area contributed by atoms with E-state index in [4.69, 9.17) is 0 Å². The highest BCUT2D eigenvalue weighted by Gasteiger charge is 2.60. The van der Waals surface area contributed by atoms with Crippen molar-refractivity contribution in [2.24, 2.45) is 5.92 Å². The summed E-state index contributed by atoms with van der Waals surface area (Å²) in [7, 11) is 0. The molecule has 4 atom stereocenters. The summed E-state index contributed by atoms with van der Waals surface area (Å²) in [6.45, 7) is 0. The lowest BCUT2D eigenvalue weighted by atomic mass is 9.83. The number of H-pyrrole nitrogens is 1. The van der Waals surface area contributed by atoms with Gasteiger partial charge >= 0.3 is 0 Å². The number of amides is 1. The van der Waals surface area contributed by atoms with Crippen molar-refractivity contribution in [3.63, 3.8) is 0 Å². The fourth-order valence-corrected chi connectivity index (χ4v) is 5.51. The van der Waals surface area contributed by atoms with E-state index >= 15 is 0 Å². The number of fused-ring (bicyclic) bond motifs is 1. The van der Waals surface area contributed by atoms with Crippen LogP contribution in [0.2, 0.25) is 0 Å². The van der Waals surface area contributed by atoms with Crippen LogP contribution in [-0.4, -0.2) is 38.6 Å². The van der Waals surface area contributed by atoms with Crippen LogP contribution in [0.25, 0.3) is 10.9 Å². The Kier molecular flexibility index (Phi) is 2.90. The van der Waals surface area contributed by atoms with E-state index in [1.165, 1.54) is 6.07 Å². The molecule has 3 heterocycles. The molecule has 4 nitrogen and oxygen atoms in total. The summed E-state index contributed by atoms with van der Waals surface area (Å²) in [6.07, 6.45) is 6.12. The number of aliphatic hydroxyl groups is 1. The predicted octanol–water partition coefficient (Wildman–Crippen LogP) is 2.75. The number of carbonyl (C=O) groups is 1. The maximum Gasteiger partial charge on any atom is 0.223 e. The van der Waals surface area contributed by atoms with Crippen molar-refractivity contribution in [2.45, 2.75) is 56.2 Å². The zero-order valence-corrected chi connectivity index (χ0v) is 13.5. The third-order valence-corrected chi connectivity index (χ3v) is 6.35. The van der Waals surface area contributed by atoms with Gasteiger partial charge in [-0.1, -0.05) is 6.07 Å². The number of carbonyl (C=O) groups excluding carboxylic acids is 1. The molecule has 24 heavy (non-hydrogen) atoms. The molecule has 1 amide bonds. The minimum absolute atomic E-state index is 0.155. The SMILES string of the molecule is O=C(CCc1c[nH]c2cccc(F)c12)N1C2CC3CC(O)(C2)CC31. The Morgan fingerprint density at radius 1 is 1.38 bits per heavy atom. The molecule has 1 aromatic carbocycles. The van der Waals surface area contributed by atoms with Crippen LogP contribution in [0, 0.1) is 11.7 Å². The number of aromatic amines is 1. The van der Waals surface area contributed by atoms with E-state index in [0.29, 0.717) is 24.1 Å². The molecule has 2 aromatic rings. The first-order valence-corrected chi connectivity index (χ1v) is 8.82. The number of nitrogens with zero attached hydrogens (tertiary/aromatic N) is 1. The maximum absolute atomic E-state index is 14.0. The number of benzene rings is 1. The van der Waals surface area contributed by atoms with Crippen LogP contribution >= 0.6 is 0 Å². The molecule has 2 aliphatic heterocycles. The first kappa shape index (κ1) is 14.5. The highest BCUT2D eigenvalue weighted by molar-refractivity contribution is 5.85. The Labute approximate surface area is 139 Å². The largest absolute Gasteiger partial charge is 0.390 e. The van der Waals surface area contributed by atoms with Crippen LogP contribution in [0.5, 0.6) is 0 Å². The second-order valence-corrected chi connectivity index (χ2v) is 7.83. The number of nitrogens with one attached hydrogen (secondary N) is 1. The molecular weight excluding hydrogens is 307 g/mol. The number of hydrogen-bond donors (Lipinski definition) is 2. The number of aryl methyl sites for hydroxylation is 1. The lowest BCUT2D eigenvalue weighted by Gasteiger charge is -2.40. The molecule has 5 heteroatoms. The van der Waals surface area contributed by atoms with Gasteiger partial charge < -0.3 is 15.0 Å². The van der Waals surface area contributed by atoms with Crippen LogP contribution in [0.1, 0.15) is 37.7 Å². The summed E-state index contributed by atoms with van der Waals surface area (Å²) in [5.74, 6) is 0.391. The molecule has 4 bridgehead atoms. The summed E-state index contributed by atoms with van der Waals surface area (Å²) in [4.78, 5) is 17.9. The van der Waals surface area contributed by atoms with Gasteiger partial charge in [0, 0.05) is 35.6 Å². The van der Waals surface area contributed by atoms with Gasteiger partial charge in [0.15, 0.2) is 0 Å². The van der Waals surface area contributed by atoms with Crippen LogP contribution in [-0.2, 0) is 11.2 Å². The quantitative estimate of drug-likeness (QED) is 0.910. The van der Waals surface area contributed by atoms with Crippen molar-refractivity contribution in [1.29, 1.82) is 0 Å². The van der Waals surface area contributed by atoms with Crippen LogP contribution in [0.3, 0.4) is 0 Å². The lowest BCUT2D eigenvalue weighted by Crippen LogP contribution is -2.50. The summed E-state index contributed by atoms with van der Waals surface area (Å²) in [5, 5.41) is 11.1. The van der Waals surface area contributed by atoms with Crippen LogP contribution < -0.4 is 0 Å². The molecule has 4 aliphatic rings.